The Bertz CT molecular complexity index is 2100. The Kier molecular flexibility index (Phi) is 15.0. The van der Waals surface area contributed by atoms with Crippen molar-refractivity contribution in [1.82, 2.24) is 4.90 Å². The van der Waals surface area contributed by atoms with Crippen LogP contribution in [-0.4, -0.2) is 90.4 Å². The third-order valence-corrected chi connectivity index (χ3v) is 12.7. The summed E-state index contributed by atoms with van der Waals surface area (Å²) < 4.78 is 32.0. The molecule has 1 unspecified atom stereocenters. The van der Waals surface area contributed by atoms with Crippen LogP contribution >= 0.6 is 0 Å². The average Bonchev–Trinajstić information content (AvgIpc) is 3.29. The van der Waals surface area contributed by atoms with Crippen molar-refractivity contribution in [3.63, 3.8) is 0 Å². The maximum absolute atomic E-state index is 14.6. The summed E-state index contributed by atoms with van der Waals surface area (Å²) in [6.45, 7) is 4.86. The SMILES string of the molecule is C=CCO[C@@]12Oc3ccc(Oc4cccc([N+](=O)[O-])c4)cc3[C@H]3[C@H](CCCCO)[C@@H](CCCCO)C=C(C(=NOC4CCCCO4)C[C@@H]1N(C)C(=O)Cc1cccc(OC)c1)[C@H]32. The standard InChI is InChI=1S/C48H59N3O11/c1-4-24-59-48-43(50(2)44(54)27-32-13-11-16-35(26-32)57-3)31-41(49-62-45-19-7-10-25-58-45)39-28-33(14-5-8-22-52)38(18-6-9-23-53)46(47(39)48)40-30-37(20-21-42(40)61-48)60-36-17-12-15-34(29-36)51(55)56/h4,11-13,15-17,20-21,26,28-30,33,38,43,45-47,52-53H,1,5-10,14,18-19,22-25,27,31H2,2-3H3/t33-,38+,43-,45?,46+,47+,48+/m0/s1. The number of carbonyl (C=O) groups excluding carboxylic acids is 1. The Balaban J connectivity index is 1.40. The molecule has 62 heavy (non-hydrogen) atoms. The summed E-state index contributed by atoms with van der Waals surface area (Å²) in [5.74, 6) is -0.351. The molecule has 7 rings (SSSR count). The summed E-state index contributed by atoms with van der Waals surface area (Å²) >= 11 is 0. The molecular formula is C48H59N3O11. The summed E-state index contributed by atoms with van der Waals surface area (Å²) in [4.78, 5) is 33.7. The van der Waals surface area contributed by atoms with E-state index in [1.807, 2.05) is 36.4 Å². The highest BCUT2D eigenvalue weighted by atomic mass is 16.8. The van der Waals surface area contributed by atoms with Gasteiger partial charge in [-0.2, -0.15) is 0 Å². The molecule has 0 aromatic heterocycles. The Morgan fingerprint density at radius 2 is 1.79 bits per heavy atom. The fourth-order valence-corrected chi connectivity index (χ4v) is 9.76. The molecule has 3 aromatic rings. The molecule has 2 heterocycles. The normalized spacial score (nSPS) is 25.7. The van der Waals surface area contributed by atoms with Gasteiger partial charge in [-0.25, -0.2) is 0 Å². The third-order valence-electron chi connectivity index (χ3n) is 12.7. The Labute approximate surface area is 363 Å². The molecule has 1 amide bonds. The van der Waals surface area contributed by atoms with Crippen LogP contribution in [0.4, 0.5) is 5.69 Å². The van der Waals surface area contributed by atoms with Crippen molar-refractivity contribution in [2.24, 2.45) is 22.9 Å². The van der Waals surface area contributed by atoms with Gasteiger partial charge in [0, 0.05) is 50.7 Å². The number of likely N-dealkylation sites (N-methyl/N-ethyl adjacent to an activating group) is 1. The number of methoxy groups -OCH3 is 1. The summed E-state index contributed by atoms with van der Waals surface area (Å²) in [7, 11) is 3.38. The van der Waals surface area contributed by atoms with Crippen molar-refractivity contribution in [2.75, 3.05) is 40.6 Å². The van der Waals surface area contributed by atoms with Crippen LogP contribution in [-0.2, 0) is 25.5 Å². The molecule has 2 N–H and O–H groups in total. The molecule has 0 spiro atoms. The molecule has 2 aliphatic heterocycles. The molecule has 1 saturated carbocycles. The average molecular weight is 854 g/mol. The lowest BCUT2D eigenvalue weighted by Crippen LogP contribution is -2.69. The predicted octanol–water partition coefficient (Wildman–Crippen LogP) is 8.26. The molecule has 0 bridgehead atoms. The lowest BCUT2D eigenvalue weighted by Gasteiger charge is -2.59. The fraction of sp³-hybridized carbons (Fsp3) is 0.500. The number of aliphatic hydroxyl groups is 2. The van der Waals surface area contributed by atoms with Gasteiger partial charge in [-0.3, -0.25) is 14.9 Å². The minimum atomic E-state index is -1.43. The first-order chi connectivity index (χ1) is 30.2. The number of allylic oxidation sites excluding steroid dienone is 1. The molecule has 332 valence electrons. The second-order valence-corrected chi connectivity index (χ2v) is 16.6. The number of hydrogen-bond acceptors (Lipinski definition) is 12. The summed E-state index contributed by atoms with van der Waals surface area (Å²) in [5.41, 5.74) is 3.15. The molecule has 14 heteroatoms. The van der Waals surface area contributed by atoms with Gasteiger partial charge in [0.05, 0.1) is 49.4 Å². The minimum Gasteiger partial charge on any atom is -0.497 e. The zero-order chi connectivity index (χ0) is 43.6. The number of amides is 1. The molecule has 3 aromatic carbocycles. The maximum Gasteiger partial charge on any atom is 0.273 e. The van der Waals surface area contributed by atoms with E-state index in [0.29, 0.717) is 54.6 Å². The number of nitro groups is 1. The number of ether oxygens (including phenoxy) is 5. The van der Waals surface area contributed by atoms with E-state index >= 15 is 0 Å². The van der Waals surface area contributed by atoms with Gasteiger partial charge in [0.15, 0.2) is 0 Å². The number of nitrogens with zero attached hydrogens (tertiary/aromatic N) is 3. The van der Waals surface area contributed by atoms with Crippen LogP contribution in [0.15, 0.2) is 96.2 Å². The van der Waals surface area contributed by atoms with Crippen molar-refractivity contribution in [1.29, 1.82) is 0 Å². The van der Waals surface area contributed by atoms with Gasteiger partial charge < -0.3 is 43.6 Å². The van der Waals surface area contributed by atoms with E-state index in [-0.39, 0.29) is 62.0 Å². The number of oxime groups is 1. The van der Waals surface area contributed by atoms with Gasteiger partial charge in [-0.05, 0) is 97.9 Å². The van der Waals surface area contributed by atoms with Gasteiger partial charge in [-0.15, -0.1) is 6.58 Å². The monoisotopic (exact) mass is 853 g/mol. The summed E-state index contributed by atoms with van der Waals surface area (Å²) in [6.07, 6.45) is 10.8. The number of unbranched alkanes of at least 4 members (excludes halogenated alkanes) is 2. The molecular weight excluding hydrogens is 795 g/mol. The van der Waals surface area contributed by atoms with Crippen LogP contribution in [0.2, 0.25) is 0 Å². The molecule has 0 radical (unpaired) electrons. The number of non-ortho nitro benzene ring substituents is 1. The van der Waals surface area contributed by atoms with E-state index in [0.717, 1.165) is 55.2 Å². The van der Waals surface area contributed by atoms with E-state index in [1.165, 1.54) is 12.1 Å². The lowest BCUT2D eigenvalue weighted by molar-refractivity contribution is -0.384. The van der Waals surface area contributed by atoms with Crippen molar-refractivity contribution in [3.05, 3.63) is 112 Å². The number of fused-ring (bicyclic) bond motifs is 2. The van der Waals surface area contributed by atoms with Crippen molar-refractivity contribution in [2.45, 2.75) is 94.7 Å². The van der Waals surface area contributed by atoms with Crippen LogP contribution in [0.3, 0.4) is 0 Å². The summed E-state index contributed by atoms with van der Waals surface area (Å²) in [5, 5.41) is 36.4. The highest BCUT2D eigenvalue weighted by molar-refractivity contribution is 6.03. The first kappa shape index (κ1) is 44.8. The van der Waals surface area contributed by atoms with Gasteiger partial charge in [0.25, 0.3) is 5.69 Å². The van der Waals surface area contributed by atoms with Crippen molar-refractivity contribution < 1.29 is 48.5 Å². The number of hydrogen-bond donors (Lipinski definition) is 2. The Morgan fingerprint density at radius 1 is 1.02 bits per heavy atom. The Hall–Kier alpha value is -5.28. The van der Waals surface area contributed by atoms with Crippen LogP contribution < -0.4 is 14.2 Å². The Morgan fingerprint density at radius 3 is 2.53 bits per heavy atom. The zero-order valence-corrected chi connectivity index (χ0v) is 35.7. The first-order valence-corrected chi connectivity index (χ1v) is 21.9. The van der Waals surface area contributed by atoms with E-state index < -0.39 is 29.0 Å². The largest absolute Gasteiger partial charge is 0.497 e. The highest BCUT2D eigenvalue weighted by Gasteiger charge is 2.65. The molecule has 7 atom stereocenters. The lowest BCUT2D eigenvalue weighted by atomic mass is 9.55. The van der Waals surface area contributed by atoms with E-state index in [1.54, 1.807) is 43.3 Å². The summed E-state index contributed by atoms with van der Waals surface area (Å²) in [6, 6.07) is 18.4. The van der Waals surface area contributed by atoms with Crippen molar-refractivity contribution in [3.8, 4) is 23.0 Å². The van der Waals surface area contributed by atoms with Gasteiger partial charge in [-0.1, -0.05) is 48.3 Å². The van der Waals surface area contributed by atoms with Crippen LogP contribution in [0.25, 0.3) is 0 Å². The van der Waals surface area contributed by atoms with Crippen LogP contribution in [0.5, 0.6) is 23.0 Å². The second-order valence-electron chi connectivity index (χ2n) is 16.6. The minimum absolute atomic E-state index is 0.00296. The predicted molar refractivity (Wildman–Crippen MR) is 232 cm³/mol. The molecule has 14 nitrogen and oxygen atoms in total. The van der Waals surface area contributed by atoms with Crippen LogP contribution in [0.1, 0.15) is 81.3 Å². The molecule has 4 aliphatic rings. The van der Waals surface area contributed by atoms with E-state index in [2.05, 4.69) is 12.7 Å². The molecule has 1 saturated heterocycles. The number of carbonyl (C=O) groups is 1. The highest BCUT2D eigenvalue weighted by Crippen LogP contribution is 2.62. The van der Waals surface area contributed by atoms with Crippen LogP contribution in [0, 0.1) is 27.9 Å². The number of rotatable bonds is 20. The van der Waals surface area contributed by atoms with Gasteiger partial charge in [0.2, 0.25) is 18.0 Å². The number of nitro benzene ring substituents is 1. The third kappa shape index (κ3) is 9.83. The first-order valence-electron chi connectivity index (χ1n) is 21.9. The topological polar surface area (TPSA) is 172 Å². The zero-order valence-electron chi connectivity index (χ0n) is 35.7. The van der Waals surface area contributed by atoms with Crippen molar-refractivity contribution >= 4 is 17.3 Å². The molecule has 2 aliphatic carbocycles. The number of aliphatic hydroxyl groups excluding tert-OH is 2. The van der Waals surface area contributed by atoms with E-state index in [4.69, 9.17) is 33.7 Å². The van der Waals surface area contributed by atoms with Gasteiger partial charge >= 0.3 is 0 Å². The van der Waals surface area contributed by atoms with Gasteiger partial charge in [0.1, 0.15) is 29.0 Å². The smallest absolute Gasteiger partial charge is 0.273 e. The quantitative estimate of drug-likeness (QED) is 0.0485. The molecule has 2 fully saturated rings. The van der Waals surface area contributed by atoms with E-state index in [9.17, 15) is 25.1 Å². The second kappa shape index (κ2) is 20.7. The number of benzene rings is 3. The maximum atomic E-state index is 14.6. The fourth-order valence-electron chi connectivity index (χ4n) is 9.76.